The van der Waals surface area contributed by atoms with Gasteiger partial charge in [0.2, 0.25) is 5.91 Å². The average Bonchev–Trinajstić information content (AvgIpc) is 2.91. The highest BCUT2D eigenvalue weighted by Crippen LogP contribution is 2.20. The molecule has 112 valence electrons. The fraction of sp³-hybridized carbons (Fsp3) is 0.471. The van der Waals surface area contributed by atoms with Crippen molar-refractivity contribution in [3.63, 3.8) is 0 Å². The number of hydrogen-bond donors (Lipinski definition) is 2. The van der Waals surface area contributed by atoms with Crippen LogP contribution >= 0.6 is 0 Å². The van der Waals surface area contributed by atoms with E-state index in [0.29, 0.717) is 6.42 Å². The largest absolute Gasteiger partial charge is 0.361 e. The molecular formula is C17H23N3O. The highest BCUT2D eigenvalue weighted by molar-refractivity contribution is 5.83. The molecule has 2 heterocycles. The van der Waals surface area contributed by atoms with Gasteiger partial charge in [-0.2, -0.15) is 0 Å². The lowest BCUT2D eigenvalue weighted by Crippen LogP contribution is -2.45. The first-order valence-corrected chi connectivity index (χ1v) is 7.82. The topological polar surface area (TPSA) is 62.1 Å². The van der Waals surface area contributed by atoms with Crippen LogP contribution in [0.4, 0.5) is 0 Å². The number of aromatic nitrogens is 1. The number of carbonyl (C=O) groups excluding carboxylic acids is 1. The van der Waals surface area contributed by atoms with E-state index in [1.807, 2.05) is 11.0 Å². The minimum absolute atomic E-state index is 0.163. The van der Waals surface area contributed by atoms with E-state index in [0.717, 1.165) is 38.8 Å². The molecule has 4 nitrogen and oxygen atoms in total. The molecule has 1 aliphatic heterocycles. The van der Waals surface area contributed by atoms with Gasteiger partial charge in [-0.25, -0.2) is 0 Å². The molecular weight excluding hydrogens is 262 g/mol. The van der Waals surface area contributed by atoms with Crippen molar-refractivity contribution < 1.29 is 4.79 Å². The maximum Gasteiger partial charge on any atom is 0.222 e. The second kappa shape index (κ2) is 6.31. The van der Waals surface area contributed by atoms with Crippen LogP contribution in [0.25, 0.3) is 10.9 Å². The predicted octanol–water partition coefficient (Wildman–Crippen LogP) is 2.44. The molecule has 1 aromatic heterocycles. The molecule has 3 rings (SSSR count). The molecule has 1 unspecified atom stereocenters. The normalized spacial score (nSPS) is 19.1. The Hall–Kier alpha value is -1.81. The number of rotatable bonds is 4. The monoisotopic (exact) mass is 285 g/mol. The van der Waals surface area contributed by atoms with E-state index >= 15 is 0 Å². The summed E-state index contributed by atoms with van der Waals surface area (Å²) in [6, 6.07) is 8.47. The number of likely N-dealkylation sites (tertiary alicyclic amines) is 1. The smallest absolute Gasteiger partial charge is 0.222 e. The van der Waals surface area contributed by atoms with Crippen molar-refractivity contribution in [3.8, 4) is 0 Å². The van der Waals surface area contributed by atoms with Crippen molar-refractivity contribution in [3.05, 3.63) is 36.0 Å². The molecule has 1 amide bonds. The van der Waals surface area contributed by atoms with Crippen LogP contribution in [0.3, 0.4) is 0 Å². The third-order valence-electron chi connectivity index (χ3n) is 4.32. The van der Waals surface area contributed by atoms with Gasteiger partial charge in [0, 0.05) is 42.7 Å². The van der Waals surface area contributed by atoms with Crippen LogP contribution in [0.2, 0.25) is 0 Å². The number of piperidine rings is 1. The van der Waals surface area contributed by atoms with E-state index < -0.39 is 0 Å². The second-order valence-electron chi connectivity index (χ2n) is 5.96. The summed E-state index contributed by atoms with van der Waals surface area (Å²) in [7, 11) is 0. The van der Waals surface area contributed by atoms with Gasteiger partial charge < -0.3 is 15.6 Å². The van der Waals surface area contributed by atoms with Gasteiger partial charge in [-0.15, -0.1) is 0 Å². The van der Waals surface area contributed by atoms with E-state index in [2.05, 4.69) is 29.4 Å². The van der Waals surface area contributed by atoms with E-state index in [1.165, 1.54) is 16.5 Å². The van der Waals surface area contributed by atoms with Crippen molar-refractivity contribution in [2.45, 2.75) is 38.1 Å². The summed E-state index contributed by atoms with van der Waals surface area (Å²) >= 11 is 0. The Bertz CT molecular complexity index is 619. The number of carbonyl (C=O) groups is 1. The van der Waals surface area contributed by atoms with Crippen LogP contribution in [0.1, 0.15) is 31.2 Å². The van der Waals surface area contributed by atoms with Crippen molar-refractivity contribution >= 4 is 16.8 Å². The van der Waals surface area contributed by atoms with E-state index in [9.17, 15) is 4.79 Å². The summed E-state index contributed by atoms with van der Waals surface area (Å²) in [6.45, 7) is 1.60. The fourth-order valence-electron chi connectivity index (χ4n) is 3.16. The quantitative estimate of drug-likeness (QED) is 0.906. The molecule has 3 N–H and O–H groups in total. The molecule has 0 aliphatic carbocycles. The van der Waals surface area contributed by atoms with Gasteiger partial charge in [0.15, 0.2) is 0 Å². The first kappa shape index (κ1) is 14.1. The molecule has 4 heteroatoms. The van der Waals surface area contributed by atoms with Gasteiger partial charge in [-0.1, -0.05) is 18.2 Å². The van der Waals surface area contributed by atoms with Gasteiger partial charge in [0.1, 0.15) is 0 Å². The lowest BCUT2D eigenvalue weighted by molar-refractivity contribution is -0.132. The average molecular weight is 285 g/mol. The van der Waals surface area contributed by atoms with E-state index in [4.69, 9.17) is 5.73 Å². The van der Waals surface area contributed by atoms with Crippen LogP contribution in [-0.4, -0.2) is 34.9 Å². The number of para-hydroxylation sites is 1. The highest BCUT2D eigenvalue weighted by Gasteiger charge is 2.20. The summed E-state index contributed by atoms with van der Waals surface area (Å²) in [6.07, 6.45) is 6.59. The van der Waals surface area contributed by atoms with Crippen LogP contribution in [0.15, 0.2) is 30.5 Å². The molecule has 1 aliphatic rings. The number of benzene rings is 1. The Balaban J connectivity index is 1.52. The molecule has 0 saturated carbocycles. The molecule has 0 bridgehead atoms. The minimum atomic E-state index is 0.163. The van der Waals surface area contributed by atoms with Crippen molar-refractivity contribution in [2.75, 3.05) is 13.1 Å². The molecule has 1 saturated heterocycles. The summed E-state index contributed by atoms with van der Waals surface area (Å²) in [5, 5.41) is 1.27. The van der Waals surface area contributed by atoms with Crippen LogP contribution < -0.4 is 5.73 Å². The number of amides is 1. The molecule has 0 spiro atoms. The number of hydrogen-bond acceptors (Lipinski definition) is 2. The lowest BCUT2D eigenvalue weighted by atomic mass is 10.0. The molecule has 1 fully saturated rings. The summed E-state index contributed by atoms with van der Waals surface area (Å²) < 4.78 is 0. The minimum Gasteiger partial charge on any atom is -0.361 e. The van der Waals surface area contributed by atoms with Gasteiger partial charge >= 0.3 is 0 Å². The SMILES string of the molecule is NC1CCCN(C(=O)CCCc2c[nH]c3ccccc23)C1. The molecule has 0 radical (unpaired) electrons. The third kappa shape index (κ3) is 3.27. The van der Waals surface area contributed by atoms with Gasteiger partial charge in [-0.05, 0) is 37.3 Å². The predicted molar refractivity (Wildman–Crippen MR) is 85.0 cm³/mol. The number of nitrogens with one attached hydrogen (secondary N) is 1. The van der Waals surface area contributed by atoms with Crippen molar-refractivity contribution in [1.82, 2.24) is 9.88 Å². The molecule has 1 aromatic carbocycles. The maximum absolute atomic E-state index is 12.2. The standard InChI is InChI=1S/C17H23N3O/c18-14-6-4-10-20(12-14)17(21)9-3-5-13-11-19-16-8-2-1-7-15(13)16/h1-2,7-8,11,14,19H,3-6,9-10,12,18H2. The lowest BCUT2D eigenvalue weighted by Gasteiger charge is -2.30. The molecule has 21 heavy (non-hydrogen) atoms. The third-order valence-corrected chi connectivity index (χ3v) is 4.32. The van der Waals surface area contributed by atoms with E-state index in [1.54, 1.807) is 0 Å². The Morgan fingerprint density at radius 1 is 1.38 bits per heavy atom. The highest BCUT2D eigenvalue weighted by atomic mass is 16.2. The number of H-pyrrole nitrogens is 1. The second-order valence-corrected chi connectivity index (χ2v) is 5.96. The summed E-state index contributed by atoms with van der Waals surface area (Å²) in [5.74, 6) is 0.255. The Labute approximate surface area is 125 Å². The van der Waals surface area contributed by atoms with Gasteiger partial charge in [0.25, 0.3) is 0 Å². The Morgan fingerprint density at radius 3 is 3.10 bits per heavy atom. The zero-order chi connectivity index (χ0) is 14.7. The number of nitrogens with two attached hydrogens (primary N) is 1. The Morgan fingerprint density at radius 2 is 2.24 bits per heavy atom. The fourth-order valence-corrected chi connectivity index (χ4v) is 3.16. The molecule has 1 atom stereocenters. The summed E-state index contributed by atoms with van der Waals surface area (Å²) in [4.78, 5) is 17.4. The van der Waals surface area contributed by atoms with E-state index in [-0.39, 0.29) is 11.9 Å². The summed E-state index contributed by atoms with van der Waals surface area (Å²) in [5.41, 5.74) is 8.40. The number of fused-ring (bicyclic) bond motifs is 1. The molecule has 2 aromatic rings. The van der Waals surface area contributed by atoms with Crippen LogP contribution in [-0.2, 0) is 11.2 Å². The van der Waals surface area contributed by atoms with Gasteiger partial charge in [-0.3, -0.25) is 4.79 Å². The first-order valence-electron chi connectivity index (χ1n) is 7.82. The number of nitrogens with zero attached hydrogens (tertiary/aromatic N) is 1. The zero-order valence-electron chi connectivity index (χ0n) is 12.3. The van der Waals surface area contributed by atoms with Crippen LogP contribution in [0.5, 0.6) is 0 Å². The number of aromatic amines is 1. The maximum atomic E-state index is 12.2. The van der Waals surface area contributed by atoms with Crippen molar-refractivity contribution in [1.29, 1.82) is 0 Å². The number of aryl methyl sites for hydroxylation is 1. The van der Waals surface area contributed by atoms with Gasteiger partial charge in [0.05, 0.1) is 0 Å². The van der Waals surface area contributed by atoms with Crippen LogP contribution in [0, 0.1) is 0 Å². The first-order chi connectivity index (χ1) is 10.2. The zero-order valence-corrected chi connectivity index (χ0v) is 12.3. The van der Waals surface area contributed by atoms with Crippen molar-refractivity contribution in [2.24, 2.45) is 5.73 Å². The Kier molecular flexibility index (Phi) is 4.25.